The van der Waals surface area contributed by atoms with Crippen molar-refractivity contribution in [2.75, 3.05) is 13.2 Å². The number of carbonyl (C=O) groups excluding carboxylic acids is 1. The highest BCUT2D eigenvalue weighted by Crippen LogP contribution is 2.21. The number of benzene rings is 1. The van der Waals surface area contributed by atoms with Crippen LogP contribution in [0.25, 0.3) is 10.6 Å². The van der Waals surface area contributed by atoms with E-state index in [1.807, 2.05) is 17.5 Å². The number of ether oxygens (including phenoxy) is 1. The number of hydrogen-bond donors (Lipinski definition) is 2. The number of hydrogen-bond acceptors (Lipinski definition) is 4. The van der Waals surface area contributed by atoms with Gasteiger partial charge < -0.3 is 15.0 Å². The van der Waals surface area contributed by atoms with Crippen LogP contribution in [0.4, 0.5) is 4.39 Å². The lowest BCUT2D eigenvalue weighted by atomic mass is 10.2. The van der Waals surface area contributed by atoms with Crippen LogP contribution in [0, 0.1) is 5.82 Å². The fraction of sp³-hybridized carbons (Fsp3) is 0.158. The molecule has 3 aromatic rings. The summed E-state index contributed by atoms with van der Waals surface area (Å²) in [7, 11) is 0. The molecule has 7 heteroatoms. The molecule has 0 aliphatic carbocycles. The normalized spacial score (nSPS) is 10.5. The standard InChI is InChI=1S/C19H17FN2O3S/c20-13-4-6-14(7-5-13)25-11-2-10-21-18(23)15-8-9-16(22-19(15)24)17-3-1-12-26-17/h1,3-9,12H,2,10-11H2,(H,21,23)(H,22,24). The highest BCUT2D eigenvalue weighted by atomic mass is 32.1. The van der Waals surface area contributed by atoms with Gasteiger partial charge >= 0.3 is 0 Å². The molecule has 5 nitrogen and oxygen atoms in total. The summed E-state index contributed by atoms with van der Waals surface area (Å²) in [4.78, 5) is 27.9. The zero-order valence-corrected chi connectivity index (χ0v) is 14.6. The van der Waals surface area contributed by atoms with Crippen LogP contribution in [0.15, 0.2) is 58.7 Å². The van der Waals surface area contributed by atoms with E-state index in [1.54, 1.807) is 18.2 Å². The Labute approximate surface area is 153 Å². The summed E-state index contributed by atoms with van der Waals surface area (Å²) in [5, 5.41) is 4.61. The van der Waals surface area contributed by atoms with Crippen LogP contribution >= 0.6 is 11.3 Å². The van der Waals surface area contributed by atoms with Crippen molar-refractivity contribution in [3.05, 3.63) is 75.6 Å². The Hall–Kier alpha value is -2.93. The summed E-state index contributed by atoms with van der Waals surface area (Å²) in [5.74, 6) is -0.177. The van der Waals surface area contributed by atoms with Crippen LogP contribution in [0.1, 0.15) is 16.8 Å². The van der Waals surface area contributed by atoms with Crippen molar-refractivity contribution in [2.24, 2.45) is 0 Å². The van der Waals surface area contributed by atoms with E-state index in [4.69, 9.17) is 4.74 Å². The molecular weight excluding hydrogens is 355 g/mol. The van der Waals surface area contributed by atoms with Gasteiger partial charge in [0.2, 0.25) is 0 Å². The Bertz CT molecular complexity index is 921. The van der Waals surface area contributed by atoms with E-state index in [2.05, 4.69) is 10.3 Å². The number of halogens is 1. The van der Waals surface area contributed by atoms with Crippen LogP contribution in [0.5, 0.6) is 5.75 Å². The quantitative estimate of drug-likeness (QED) is 0.624. The number of carbonyl (C=O) groups is 1. The minimum absolute atomic E-state index is 0.0739. The molecule has 0 unspecified atom stereocenters. The molecule has 0 spiro atoms. The molecular formula is C19H17FN2O3S. The topological polar surface area (TPSA) is 71.2 Å². The van der Waals surface area contributed by atoms with Gasteiger partial charge in [-0.05, 0) is 54.3 Å². The zero-order chi connectivity index (χ0) is 18.4. The molecule has 26 heavy (non-hydrogen) atoms. The maximum absolute atomic E-state index is 12.8. The van der Waals surface area contributed by atoms with Crippen molar-refractivity contribution < 1.29 is 13.9 Å². The van der Waals surface area contributed by atoms with Gasteiger partial charge in [0.25, 0.3) is 11.5 Å². The third-order valence-electron chi connectivity index (χ3n) is 3.63. The largest absolute Gasteiger partial charge is 0.494 e. The summed E-state index contributed by atoms with van der Waals surface area (Å²) in [6, 6.07) is 12.8. The maximum atomic E-state index is 12.8. The first-order valence-corrected chi connectivity index (χ1v) is 8.95. The molecule has 0 atom stereocenters. The molecule has 0 saturated heterocycles. The van der Waals surface area contributed by atoms with Crippen LogP contribution in [-0.4, -0.2) is 24.0 Å². The molecule has 2 aromatic heterocycles. The fourth-order valence-corrected chi connectivity index (χ4v) is 3.03. The lowest BCUT2D eigenvalue weighted by Gasteiger charge is -2.07. The molecule has 2 heterocycles. The number of amides is 1. The maximum Gasteiger partial charge on any atom is 0.261 e. The summed E-state index contributed by atoms with van der Waals surface area (Å²) in [5.41, 5.74) is 0.343. The second kappa shape index (κ2) is 8.44. The minimum Gasteiger partial charge on any atom is -0.494 e. The summed E-state index contributed by atoms with van der Waals surface area (Å²) >= 11 is 1.51. The second-order valence-corrected chi connectivity index (χ2v) is 6.45. The van der Waals surface area contributed by atoms with E-state index in [-0.39, 0.29) is 11.4 Å². The molecule has 0 radical (unpaired) electrons. The van der Waals surface area contributed by atoms with Gasteiger partial charge in [0.15, 0.2) is 0 Å². The second-order valence-electron chi connectivity index (χ2n) is 5.50. The average Bonchev–Trinajstić information content (AvgIpc) is 3.17. The van der Waals surface area contributed by atoms with Gasteiger partial charge in [0, 0.05) is 6.54 Å². The SMILES string of the molecule is O=C(NCCCOc1ccc(F)cc1)c1ccc(-c2cccs2)[nH]c1=O. The number of pyridine rings is 1. The Kier molecular flexibility index (Phi) is 5.80. The van der Waals surface area contributed by atoms with Gasteiger partial charge in [-0.2, -0.15) is 0 Å². The summed E-state index contributed by atoms with van der Waals surface area (Å²) in [6.45, 7) is 0.742. The first kappa shape index (κ1) is 17.9. The lowest BCUT2D eigenvalue weighted by Crippen LogP contribution is -2.30. The Morgan fingerprint density at radius 3 is 2.65 bits per heavy atom. The number of thiophene rings is 1. The Morgan fingerprint density at radius 2 is 1.96 bits per heavy atom. The highest BCUT2D eigenvalue weighted by molar-refractivity contribution is 7.13. The van der Waals surface area contributed by atoms with Crippen molar-refractivity contribution >= 4 is 17.2 Å². The lowest BCUT2D eigenvalue weighted by molar-refractivity contribution is 0.0950. The van der Waals surface area contributed by atoms with Crippen molar-refractivity contribution in [3.8, 4) is 16.3 Å². The van der Waals surface area contributed by atoms with Gasteiger partial charge in [-0.3, -0.25) is 9.59 Å². The average molecular weight is 372 g/mol. The van der Waals surface area contributed by atoms with Gasteiger partial charge in [0.1, 0.15) is 17.1 Å². The first-order valence-electron chi connectivity index (χ1n) is 8.07. The Morgan fingerprint density at radius 1 is 1.15 bits per heavy atom. The van der Waals surface area contributed by atoms with Gasteiger partial charge in [-0.15, -0.1) is 11.3 Å². The number of rotatable bonds is 7. The molecule has 0 aliphatic heterocycles. The molecule has 3 rings (SSSR count). The molecule has 0 bridgehead atoms. The number of nitrogens with one attached hydrogen (secondary N) is 2. The Balaban J connectivity index is 1.47. The molecule has 0 aliphatic rings. The predicted molar refractivity (Wildman–Crippen MR) is 99.2 cm³/mol. The van der Waals surface area contributed by atoms with E-state index in [9.17, 15) is 14.0 Å². The highest BCUT2D eigenvalue weighted by Gasteiger charge is 2.11. The smallest absolute Gasteiger partial charge is 0.261 e. The van der Waals surface area contributed by atoms with E-state index in [0.717, 1.165) is 4.88 Å². The van der Waals surface area contributed by atoms with Gasteiger partial charge in [-0.25, -0.2) is 4.39 Å². The molecule has 0 fully saturated rings. The predicted octanol–water partition coefficient (Wildman–Crippen LogP) is 3.44. The minimum atomic E-state index is -0.425. The van der Waals surface area contributed by atoms with Crippen LogP contribution in [0.2, 0.25) is 0 Å². The monoisotopic (exact) mass is 372 g/mol. The van der Waals surface area contributed by atoms with E-state index >= 15 is 0 Å². The third-order valence-corrected chi connectivity index (χ3v) is 4.53. The number of H-pyrrole nitrogens is 1. The first-order chi connectivity index (χ1) is 12.6. The van der Waals surface area contributed by atoms with E-state index < -0.39 is 11.5 Å². The zero-order valence-electron chi connectivity index (χ0n) is 13.8. The molecule has 2 N–H and O–H groups in total. The van der Waals surface area contributed by atoms with Crippen molar-refractivity contribution in [1.82, 2.24) is 10.3 Å². The number of aromatic amines is 1. The van der Waals surface area contributed by atoms with Crippen molar-refractivity contribution in [1.29, 1.82) is 0 Å². The summed E-state index contributed by atoms with van der Waals surface area (Å²) in [6.07, 6.45) is 0.564. The summed E-state index contributed by atoms with van der Waals surface area (Å²) < 4.78 is 18.2. The van der Waals surface area contributed by atoms with E-state index in [1.165, 1.54) is 29.5 Å². The molecule has 1 aromatic carbocycles. The van der Waals surface area contributed by atoms with Crippen LogP contribution in [0.3, 0.4) is 0 Å². The third kappa shape index (κ3) is 4.58. The molecule has 0 saturated carbocycles. The van der Waals surface area contributed by atoms with Crippen molar-refractivity contribution in [2.45, 2.75) is 6.42 Å². The molecule has 134 valence electrons. The van der Waals surface area contributed by atoms with E-state index in [0.29, 0.717) is 31.0 Å². The fourth-order valence-electron chi connectivity index (χ4n) is 2.32. The van der Waals surface area contributed by atoms with Gasteiger partial charge in [-0.1, -0.05) is 6.07 Å². The van der Waals surface area contributed by atoms with Crippen LogP contribution in [-0.2, 0) is 0 Å². The van der Waals surface area contributed by atoms with Gasteiger partial charge in [0.05, 0.1) is 17.2 Å². The molecule has 1 amide bonds. The number of aromatic nitrogens is 1. The van der Waals surface area contributed by atoms with Crippen LogP contribution < -0.4 is 15.6 Å². The van der Waals surface area contributed by atoms with Crippen molar-refractivity contribution in [3.63, 3.8) is 0 Å².